The summed E-state index contributed by atoms with van der Waals surface area (Å²) >= 11 is 6.20. The van der Waals surface area contributed by atoms with E-state index in [4.69, 9.17) is 21.1 Å². The Kier molecular flexibility index (Phi) is 4.79. The Balaban J connectivity index is 2.59. The van der Waals surface area contributed by atoms with Gasteiger partial charge < -0.3 is 9.47 Å². The summed E-state index contributed by atoms with van der Waals surface area (Å²) in [6.45, 7) is 2.10. The fourth-order valence-electron chi connectivity index (χ4n) is 2.09. The molecule has 2 aromatic rings. The van der Waals surface area contributed by atoms with Gasteiger partial charge >= 0.3 is 0 Å². The van der Waals surface area contributed by atoms with E-state index in [1.54, 1.807) is 14.2 Å². The highest BCUT2D eigenvalue weighted by Crippen LogP contribution is 2.35. The van der Waals surface area contributed by atoms with Gasteiger partial charge in [-0.25, -0.2) is 9.97 Å². The summed E-state index contributed by atoms with van der Waals surface area (Å²) in [5.74, 6) is 1.44. The maximum Gasteiger partial charge on any atom is 0.136 e. The zero-order valence-electron chi connectivity index (χ0n) is 11.8. The molecule has 0 aliphatic rings. The number of hydrogen-bond acceptors (Lipinski definition) is 4. The Hall–Kier alpha value is -1.81. The molecule has 0 spiro atoms. The second kappa shape index (κ2) is 6.57. The van der Waals surface area contributed by atoms with Crippen LogP contribution in [0, 0.1) is 0 Å². The zero-order chi connectivity index (χ0) is 14.5. The lowest BCUT2D eigenvalue weighted by Gasteiger charge is -2.13. The summed E-state index contributed by atoms with van der Waals surface area (Å²) < 4.78 is 10.6. The summed E-state index contributed by atoms with van der Waals surface area (Å²) in [6, 6.07) is 5.64. The molecule has 0 amide bonds. The molecule has 106 valence electrons. The topological polar surface area (TPSA) is 44.2 Å². The SMILES string of the molecule is CCCc1c(Cl)ncnc1-c1ccc(OC)cc1OC. The van der Waals surface area contributed by atoms with Gasteiger partial charge in [0.15, 0.2) is 0 Å². The van der Waals surface area contributed by atoms with Gasteiger partial charge in [-0.2, -0.15) is 0 Å². The predicted octanol–water partition coefficient (Wildman–Crippen LogP) is 3.77. The third-order valence-electron chi connectivity index (χ3n) is 3.06. The van der Waals surface area contributed by atoms with Crippen LogP contribution in [-0.2, 0) is 6.42 Å². The van der Waals surface area contributed by atoms with Crippen LogP contribution < -0.4 is 9.47 Å². The summed E-state index contributed by atoms with van der Waals surface area (Å²) in [6.07, 6.45) is 3.27. The summed E-state index contributed by atoms with van der Waals surface area (Å²) in [5.41, 5.74) is 2.65. The molecule has 0 aliphatic carbocycles. The zero-order valence-corrected chi connectivity index (χ0v) is 12.6. The molecule has 4 nitrogen and oxygen atoms in total. The van der Waals surface area contributed by atoms with E-state index in [2.05, 4.69) is 16.9 Å². The van der Waals surface area contributed by atoms with Crippen LogP contribution in [0.1, 0.15) is 18.9 Å². The summed E-state index contributed by atoms with van der Waals surface area (Å²) in [7, 11) is 3.25. The predicted molar refractivity (Wildman–Crippen MR) is 79.6 cm³/mol. The number of halogens is 1. The smallest absolute Gasteiger partial charge is 0.136 e. The highest BCUT2D eigenvalue weighted by atomic mass is 35.5. The average molecular weight is 293 g/mol. The third kappa shape index (κ3) is 2.85. The van der Waals surface area contributed by atoms with Crippen molar-refractivity contribution in [2.45, 2.75) is 19.8 Å². The molecule has 0 aliphatic heterocycles. The van der Waals surface area contributed by atoms with Crippen molar-refractivity contribution in [3.05, 3.63) is 35.2 Å². The molecule has 20 heavy (non-hydrogen) atoms. The number of benzene rings is 1. The minimum absolute atomic E-state index is 0.495. The molecular formula is C15H17ClN2O2. The van der Waals surface area contributed by atoms with Gasteiger partial charge in [0.05, 0.1) is 19.9 Å². The van der Waals surface area contributed by atoms with Crippen molar-refractivity contribution in [2.24, 2.45) is 0 Å². The van der Waals surface area contributed by atoms with Crippen LogP contribution in [0.5, 0.6) is 11.5 Å². The lowest BCUT2D eigenvalue weighted by Crippen LogP contribution is -1.99. The molecule has 0 fully saturated rings. The van der Waals surface area contributed by atoms with E-state index in [1.165, 1.54) is 6.33 Å². The van der Waals surface area contributed by atoms with Gasteiger partial charge in [0.1, 0.15) is 23.0 Å². The minimum atomic E-state index is 0.495. The second-order valence-electron chi connectivity index (χ2n) is 4.31. The Morgan fingerprint density at radius 3 is 2.60 bits per heavy atom. The molecule has 0 radical (unpaired) electrons. The molecule has 0 N–H and O–H groups in total. The number of aromatic nitrogens is 2. The molecule has 0 atom stereocenters. The quantitative estimate of drug-likeness (QED) is 0.787. The number of hydrogen-bond donors (Lipinski definition) is 0. The molecule has 1 aromatic heterocycles. The van der Waals surface area contributed by atoms with Gasteiger partial charge in [0, 0.05) is 17.2 Å². The second-order valence-corrected chi connectivity index (χ2v) is 4.67. The van der Waals surface area contributed by atoms with Crippen LogP contribution in [0.2, 0.25) is 5.15 Å². The van der Waals surface area contributed by atoms with E-state index in [-0.39, 0.29) is 0 Å². The van der Waals surface area contributed by atoms with Gasteiger partial charge in [-0.05, 0) is 18.6 Å². The van der Waals surface area contributed by atoms with Gasteiger partial charge in [-0.1, -0.05) is 24.9 Å². The van der Waals surface area contributed by atoms with Crippen molar-refractivity contribution in [2.75, 3.05) is 14.2 Å². The third-order valence-corrected chi connectivity index (χ3v) is 3.38. The highest BCUT2D eigenvalue weighted by molar-refractivity contribution is 6.30. The standard InChI is InChI=1S/C15H17ClN2O2/c1-4-5-12-14(17-9-18-15(12)16)11-7-6-10(19-2)8-13(11)20-3/h6-9H,4-5H2,1-3H3. The van der Waals surface area contributed by atoms with Crippen LogP contribution >= 0.6 is 11.6 Å². The largest absolute Gasteiger partial charge is 0.497 e. The molecule has 0 unspecified atom stereocenters. The molecule has 2 rings (SSSR count). The Labute approximate surface area is 123 Å². The maximum atomic E-state index is 6.20. The fourth-order valence-corrected chi connectivity index (χ4v) is 2.32. The maximum absolute atomic E-state index is 6.20. The van der Waals surface area contributed by atoms with Crippen LogP contribution in [0.3, 0.4) is 0 Å². The van der Waals surface area contributed by atoms with Crippen molar-refractivity contribution in [1.82, 2.24) is 9.97 Å². The van der Waals surface area contributed by atoms with E-state index in [0.29, 0.717) is 10.9 Å². The van der Waals surface area contributed by atoms with Gasteiger partial charge in [0.25, 0.3) is 0 Å². The number of nitrogens with zero attached hydrogens (tertiary/aromatic N) is 2. The first-order valence-corrected chi connectivity index (χ1v) is 6.80. The van der Waals surface area contributed by atoms with Crippen molar-refractivity contribution < 1.29 is 9.47 Å². The Morgan fingerprint density at radius 1 is 1.15 bits per heavy atom. The van der Waals surface area contributed by atoms with Gasteiger partial charge in [-0.3, -0.25) is 0 Å². The molecule has 1 aromatic carbocycles. The van der Waals surface area contributed by atoms with Crippen LogP contribution in [0.4, 0.5) is 0 Å². The van der Waals surface area contributed by atoms with Crippen molar-refractivity contribution in [1.29, 1.82) is 0 Å². The molecule has 0 bridgehead atoms. The molecule has 0 saturated carbocycles. The lowest BCUT2D eigenvalue weighted by atomic mass is 10.0. The number of methoxy groups -OCH3 is 2. The van der Waals surface area contributed by atoms with Crippen LogP contribution in [0.25, 0.3) is 11.3 Å². The molecular weight excluding hydrogens is 276 g/mol. The fraction of sp³-hybridized carbons (Fsp3) is 0.333. The van der Waals surface area contributed by atoms with E-state index in [0.717, 1.165) is 35.4 Å². The first-order valence-electron chi connectivity index (χ1n) is 6.43. The molecule has 0 saturated heterocycles. The van der Waals surface area contributed by atoms with Crippen LogP contribution in [0.15, 0.2) is 24.5 Å². The Bertz CT molecular complexity index is 602. The molecule has 5 heteroatoms. The van der Waals surface area contributed by atoms with Gasteiger partial charge in [0.2, 0.25) is 0 Å². The van der Waals surface area contributed by atoms with E-state index >= 15 is 0 Å². The normalized spacial score (nSPS) is 10.4. The molecule has 1 heterocycles. The minimum Gasteiger partial charge on any atom is -0.497 e. The summed E-state index contributed by atoms with van der Waals surface area (Å²) in [4.78, 5) is 8.44. The number of rotatable bonds is 5. The van der Waals surface area contributed by atoms with Gasteiger partial charge in [-0.15, -0.1) is 0 Å². The first-order chi connectivity index (χ1) is 9.71. The lowest BCUT2D eigenvalue weighted by molar-refractivity contribution is 0.395. The first kappa shape index (κ1) is 14.6. The number of ether oxygens (including phenoxy) is 2. The Morgan fingerprint density at radius 2 is 1.95 bits per heavy atom. The summed E-state index contributed by atoms with van der Waals surface area (Å²) in [5, 5.41) is 0.495. The van der Waals surface area contributed by atoms with Crippen molar-refractivity contribution in [3.8, 4) is 22.8 Å². The average Bonchev–Trinajstić information content (AvgIpc) is 2.49. The highest BCUT2D eigenvalue weighted by Gasteiger charge is 2.15. The monoisotopic (exact) mass is 292 g/mol. The van der Waals surface area contributed by atoms with Crippen molar-refractivity contribution in [3.63, 3.8) is 0 Å². The van der Waals surface area contributed by atoms with E-state index in [1.807, 2.05) is 18.2 Å². The van der Waals surface area contributed by atoms with Crippen LogP contribution in [-0.4, -0.2) is 24.2 Å². The van der Waals surface area contributed by atoms with E-state index < -0.39 is 0 Å². The van der Waals surface area contributed by atoms with E-state index in [9.17, 15) is 0 Å². The van der Waals surface area contributed by atoms with Crippen molar-refractivity contribution >= 4 is 11.6 Å².